The Labute approximate surface area is 104 Å². The minimum atomic E-state index is 0.226. The van der Waals surface area contributed by atoms with Crippen molar-refractivity contribution in [2.24, 2.45) is 5.41 Å². The first-order chi connectivity index (χ1) is 7.95. The highest BCUT2D eigenvalue weighted by molar-refractivity contribution is 5.28. The summed E-state index contributed by atoms with van der Waals surface area (Å²) in [6.45, 7) is 10.6. The van der Waals surface area contributed by atoms with Gasteiger partial charge in [-0.3, -0.25) is 0 Å². The third-order valence-corrected chi connectivity index (χ3v) is 3.11. The second kappa shape index (κ2) is 6.05. The van der Waals surface area contributed by atoms with Gasteiger partial charge < -0.3 is 14.6 Å². The highest BCUT2D eigenvalue weighted by Gasteiger charge is 2.20. The molecule has 1 unspecified atom stereocenters. The first kappa shape index (κ1) is 14.0. The van der Waals surface area contributed by atoms with Gasteiger partial charge in [0.25, 0.3) is 0 Å². The Kier molecular flexibility index (Phi) is 5.00. The van der Waals surface area contributed by atoms with Gasteiger partial charge in [-0.1, -0.05) is 20.8 Å². The van der Waals surface area contributed by atoms with E-state index in [4.69, 9.17) is 4.74 Å². The van der Waals surface area contributed by atoms with E-state index in [0.29, 0.717) is 6.04 Å². The van der Waals surface area contributed by atoms with Crippen molar-refractivity contribution in [3.8, 4) is 0 Å². The molecule has 0 aromatic carbocycles. The van der Waals surface area contributed by atoms with E-state index >= 15 is 0 Å². The lowest BCUT2D eigenvalue weighted by Crippen LogP contribution is -2.32. The van der Waals surface area contributed by atoms with Gasteiger partial charge in [0.1, 0.15) is 0 Å². The molecule has 0 aliphatic heterocycles. The van der Waals surface area contributed by atoms with Gasteiger partial charge in [0.2, 0.25) is 5.95 Å². The predicted octanol–water partition coefficient (Wildman–Crippen LogP) is 2.77. The Morgan fingerprint density at radius 2 is 2.18 bits per heavy atom. The molecule has 1 aromatic rings. The van der Waals surface area contributed by atoms with Crippen LogP contribution >= 0.6 is 0 Å². The summed E-state index contributed by atoms with van der Waals surface area (Å²) in [5, 5.41) is 3.47. The maximum absolute atomic E-state index is 5.06. The van der Waals surface area contributed by atoms with Crippen LogP contribution < -0.4 is 5.32 Å². The van der Waals surface area contributed by atoms with E-state index in [0.717, 1.165) is 25.5 Å². The van der Waals surface area contributed by atoms with E-state index in [1.165, 1.54) is 0 Å². The summed E-state index contributed by atoms with van der Waals surface area (Å²) in [5.41, 5.74) is 0.226. The Balaban J connectivity index is 2.56. The number of aryl methyl sites for hydroxylation is 1. The van der Waals surface area contributed by atoms with Crippen LogP contribution in [0.15, 0.2) is 12.4 Å². The molecule has 0 amide bonds. The molecule has 0 aliphatic rings. The van der Waals surface area contributed by atoms with Crippen molar-refractivity contribution in [3.63, 3.8) is 0 Å². The zero-order valence-corrected chi connectivity index (χ0v) is 11.7. The number of nitrogens with zero attached hydrogens (tertiary/aromatic N) is 2. The lowest BCUT2D eigenvalue weighted by molar-refractivity contribution is 0.190. The topological polar surface area (TPSA) is 39.1 Å². The second-order valence-corrected chi connectivity index (χ2v) is 5.52. The van der Waals surface area contributed by atoms with Crippen molar-refractivity contribution in [2.45, 2.75) is 46.7 Å². The minimum absolute atomic E-state index is 0.226. The lowest BCUT2D eigenvalue weighted by Gasteiger charge is -2.28. The zero-order chi connectivity index (χ0) is 12.9. The number of hydrogen-bond acceptors (Lipinski definition) is 3. The number of aromatic nitrogens is 2. The zero-order valence-electron chi connectivity index (χ0n) is 11.7. The Morgan fingerprint density at radius 1 is 1.47 bits per heavy atom. The van der Waals surface area contributed by atoms with Crippen molar-refractivity contribution in [3.05, 3.63) is 12.4 Å². The van der Waals surface area contributed by atoms with Crippen LogP contribution in [0.2, 0.25) is 0 Å². The molecule has 0 saturated carbocycles. The van der Waals surface area contributed by atoms with Crippen molar-refractivity contribution >= 4 is 5.95 Å². The maximum atomic E-state index is 5.06. The molecule has 0 fully saturated rings. The molecule has 1 N–H and O–H groups in total. The molecule has 17 heavy (non-hydrogen) atoms. The van der Waals surface area contributed by atoms with Gasteiger partial charge >= 0.3 is 0 Å². The van der Waals surface area contributed by atoms with Gasteiger partial charge in [0, 0.05) is 38.7 Å². The van der Waals surface area contributed by atoms with Crippen LogP contribution in [0.4, 0.5) is 5.95 Å². The first-order valence-electron chi connectivity index (χ1n) is 6.21. The monoisotopic (exact) mass is 239 g/mol. The molecule has 4 heteroatoms. The molecule has 0 bridgehead atoms. The van der Waals surface area contributed by atoms with E-state index in [-0.39, 0.29) is 5.41 Å². The minimum Gasteiger partial charge on any atom is -0.385 e. The van der Waals surface area contributed by atoms with Crippen LogP contribution in [0.1, 0.15) is 34.1 Å². The Morgan fingerprint density at radius 3 is 2.76 bits per heavy atom. The Bertz CT molecular complexity index is 328. The third kappa shape index (κ3) is 4.38. The van der Waals surface area contributed by atoms with Crippen LogP contribution in [0.5, 0.6) is 0 Å². The summed E-state index contributed by atoms with van der Waals surface area (Å²) in [6.07, 6.45) is 4.85. The molecule has 1 rings (SSSR count). The van der Waals surface area contributed by atoms with Gasteiger partial charge in [-0.2, -0.15) is 0 Å². The maximum Gasteiger partial charge on any atom is 0.202 e. The normalized spacial score (nSPS) is 13.7. The van der Waals surface area contributed by atoms with Crippen LogP contribution in [0.3, 0.4) is 0 Å². The van der Waals surface area contributed by atoms with Crippen molar-refractivity contribution in [1.82, 2.24) is 9.55 Å². The molecule has 98 valence electrons. The lowest BCUT2D eigenvalue weighted by atomic mass is 9.88. The molecule has 4 nitrogen and oxygen atoms in total. The highest BCUT2D eigenvalue weighted by atomic mass is 16.5. The number of imidazole rings is 1. The fourth-order valence-corrected chi connectivity index (χ4v) is 1.42. The van der Waals surface area contributed by atoms with Crippen molar-refractivity contribution in [1.29, 1.82) is 0 Å². The predicted molar refractivity (Wildman–Crippen MR) is 71.3 cm³/mol. The largest absolute Gasteiger partial charge is 0.385 e. The molecular formula is C13H25N3O. The van der Waals surface area contributed by atoms with Gasteiger partial charge in [-0.25, -0.2) is 4.98 Å². The number of rotatable bonds is 6. The molecule has 1 atom stereocenters. The summed E-state index contributed by atoms with van der Waals surface area (Å²) >= 11 is 0. The Hall–Kier alpha value is -1.03. The molecule has 0 spiro atoms. The van der Waals surface area contributed by atoms with Crippen LogP contribution in [0.25, 0.3) is 0 Å². The van der Waals surface area contributed by atoms with Crippen LogP contribution in [-0.4, -0.2) is 29.3 Å². The second-order valence-electron chi connectivity index (χ2n) is 5.52. The number of nitrogens with one attached hydrogen (secondary N) is 1. The smallest absolute Gasteiger partial charge is 0.202 e. The van der Waals surface area contributed by atoms with Gasteiger partial charge in [0.05, 0.1) is 0 Å². The van der Waals surface area contributed by atoms with E-state index < -0.39 is 0 Å². The summed E-state index contributed by atoms with van der Waals surface area (Å²) in [4.78, 5) is 4.36. The fraction of sp³-hybridized carbons (Fsp3) is 0.769. The van der Waals surface area contributed by atoms with E-state index in [2.05, 4.69) is 42.6 Å². The van der Waals surface area contributed by atoms with Crippen LogP contribution in [0, 0.1) is 5.41 Å². The molecular weight excluding hydrogens is 214 g/mol. The van der Waals surface area contributed by atoms with Gasteiger partial charge in [-0.15, -0.1) is 0 Å². The number of anilines is 1. The van der Waals surface area contributed by atoms with Gasteiger partial charge in [0.15, 0.2) is 0 Å². The SMILES string of the molecule is COCCCn1ccnc1NC(C)C(C)(C)C. The molecule has 0 aliphatic carbocycles. The van der Waals surface area contributed by atoms with Crippen molar-refractivity contribution < 1.29 is 4.74 Å². The third-order valence-electron chi connectivity index (χ3n) is 3.11. The van der Waals surface area contributed by atoms with E-state index in [1.54, 1.807) is 7.11 Å². The number of ether oxygens (including phenoxy) is 1. The molecule has 0 saturated heterocycles. The number of hydrogen-bond donors (Lipinski definition) is 1. The average molecular weight is 239 g/mol. The summed E-state index contributed by atoms with van der Waals surface area (Å²) in [5.74, 6) is 0.948. The van der Waals surface area contributed by atoms with Crippen LogP contribution in [-0.2, 0) is 11.3 Å². The molecule has 1 aromatic heterocycles. The van der Waals surface area contributed by atoms with E-state index in [1.807, 2.05) is 12.4 Å². The van der Waals surface area contributed by atoms with Gasteiger partial charge in [-0.05, 0) is 18.8 Å². The highest BCUT2D eigenvalue weighted by Crippen LogP contribution is 2.22. The fourth-order valence-electron chi connectivity index (χ4n) is 1.42. The summed E-state index contributed by atoms with van der Waals surface area (Å²) in [7, 11) is 1.73. The van der Waals surface area contributed by atoms with E-state index in [9.17, 15) is 0 Å². The number of methoxy groups -OCH3 is 1. The summed E-state index contributed by atoms with van der Waals surface area (Å²) < 4.78 is 7.20. The van der Waals surface area contributed by atoms with Crippen molar-refractivity contribution in [2.75, 3.05) is 19.0 Å². The summed E-state index contributed by atoms with van der Waals surface area (Å²) in [6, 6.07) is 0.381. The molecule has 1 heterocycles. The quantitative estimate of drug-likeness (QED) is 0.776. The first-order valence-corrected chi connectivity index (χ1v) is 6.21. The average Bonchev–Trinajstić information content (AvgIpc) is 2.65. The molecule has 0 radical (unpaired) electrons. The standard InChI is InChI=1S/C13H25N3O/c1-11(13(2,3)4)15-12-14-7-9-16(12)8-6-10-17-5/h7,9,11H,6,8,10H2,1-5H3,(H,14,15).